The van der Waals surface area contributed by atoms with E-state index in [0.717, 1.165) is 0 Å². The molecule has 8 heteroatoms. The largest absolute Gasteiger partial charge is 0.444 e. The van der Waals surface area contributed by atoms with Crippen molar-refractivity contribution in [1.29, 1.82) is 0 Å². The van der Waals surface area contributed by atoms with Crippen molar-refractivity contribution in [2.75, 3.05) is 6.54 Å². The maximum absolute atomic E-state index is 11.5. The normalized spacial score (nSPS) is 10.3. The Morgan fingerprint density at radius 3 is 3.06 bits per heavy atom. The van der Waals surface area contributed by atoms with Gasteiger partial charge in [-0.1, -0.05) is 5.21 Å². The van der Waals surface area contributed by atoms with Gasteiger partial charge in [-0.2, -0.15) is 5.21 Å². The van der Waals surface area contributed by atoms with Crippen molar-refractivity contribution < 1.29 is 9.21 Å². The summed E-state index contributed by atoms with van der Waals surface area (Å²) in [7, 11) is 0. The molecular formula is C8H8BrN5O2. The van der Waals surface area contributed by atoms with E-state index in [1.807, 2.05) is 0 Å². The number of tetrazole rings is 1. The first-order valence-electron chi connectivity index (χ1n) is 4.51. The monoisotopic (exact) mass is 285 g/mol. The van der Waals surface area contributed by atoms with Gasteiger partial charge in [0.1, 0.15) is 0 Å². The van der Waals surface area contributed by atoms with Gasteiger partial charge in [0.2, 0.25) is 0 Å². The molecule has 0 aromatic carbocycles. The molecule has 0 radical (unpaired) electrons. The Morgan fingerprint density at radius 2 is 2.44 bits per heavy atom. The van der Waals surface area contributed by atoms with Gasteiger partial charge in [0, 0.05) is 13.0 Å². The third kappa shape index (κ3) is 2.66. The Kier molecular flexibility index (Phi) is 3.30. The highest BCUT2D eigenvalue weighted by Crippen LogP contribution is 2.13. The van der Waals surface area contributed by atoms with Crippen LogP contribution in [0.2, 0.25) is 0 Å². The highest BCUT2D eigenvalue weighted by molar-refractivity contribution is 9.10. The molecule has 0 aliphatic rings. The molecule has 2 N–H and O–H groups in total. The number of nitrogens with zero attached hydrogens (tertiary/aromatic N) is 3. The molecule has 1 amide bonds. The lowest BCUT2D eigenvalue weighted by molar-refractivity contribution is 0.0925. The van der Waals surface area contributed by atoms with Crippen LogP contribution in [0.15, 0.2) is 21.2 Å². The van der Waals surface area contributed by atoms with Crippen LogP contribution in [-0.4, -0.2) is 33.1 Å². The van der Waals surface area contributed by atoms with Crippen LogP contribution in [0.4, 0.5) is 0 Å². The van der Waals surface area contributed by atoms with Crippen LogP contribution in [0.5, 0.6) is 0 Å². The van der Waals surface area contributed by atoms with Crippen LogP contribution in [0.25, 0.3) is 0 Å². The summed E-state index contributed by atoms with van der Waals surface area (Å²) in [6.07, 6.45) is 0.518. The van der Waals surface area contributed by atoms with Gasteiger partial charge in [-0.15, -0.1) is 10.2 Å². The number of H-pyrrole nitrogens is 1. The van der Waals surface area contributed by atoms with Crippen LogP contribution in [0.3, 0.4) is 0 Å². The zero-order chi connectivity index (χ0) is 11.4. The summed E-state index contributed by atoms with van der Waals surface area (Å²) < 4.78 is 5.61. The van der Waals surface area contributed by atoms with Crippen molar-refractivity contribution in [2.24, 2.45) is 0 Å². The lowest BCUT2D eigenvalue weighted by atomic mass is 10.4. The number of furan rings is 1. The Morgan fingerprint density at radius 1 is 1.56 bits per heavy atom. The number of nitrogens with one attached hydrogen (secondary N) is 2. The molecule has 2 aromatic heterocycles. The lowest BCUT2D eigenvalue weighted by Crippen LogP contribution is -2.25. The fourth-order valence-electron chi connectivity index (χ4n) is 1.10. The van der Waals surface area contributed by atoms with Crippen LogP contribution < -0.4 is 5.32 Å². The molecule has 2 heterocycles. The van der Waals surface area contributed by atoms with E-state index < -0.39 is 0 Å². The van der Waals surface area contributed by atoms with Gasteiger partial charge in [0.25, 0.3) is 5.91 Å². The van der Waals surface area contributed by atoms with Crippen LogP contribution in [-0.2, 0) is 6.42 Å². The molecule has 0 saturated heterocycles. The number of rotatable bonds is 4. The number of amides is 1. The van der Waals surface area contributed by atoms with Crippen LogP contribution in [0, 0.1) is 0 Å². The predicted molar refractivity (Wildman–Crippen MR) is 56.6 cm³/mol. The number of aromatic amines is 1. The standard InChI is InChI=1S/C8H8BrN5O2/c9-6-2-1-5(16-6)8(15)10-4-3-7-11-13-14-12-7/h1-2H,3-4H2,(H,10,15)(H,11,12,13,14). The predicted octanol–water partition coefficient (Wildman–Crippen LogP) is 0.528. The van der Waals surface area contributed by atoms with Crippen molar-refractivity contribution in [2.45, 2.75) is 6.42 Å². The fraction of sp³-hybridized carbons (Fsp3) is 0.250. The van der Waals surface area contributed by atoms with Gasteiger partial charge >= 0.3 is 0 Å². The quantitative estimate of drug-likeness (QED) is 0.854. The maximum Gasteiger partial charge on any atom is 0.287 e. The average Bonchev–Trinajstić information content (AvgIpc) is 2.89. The summed E-state index contributed by atoms with van der Waals surface area (Å²) in [5.74, 6) is 0.551. The number of carbonyl (C=O) groups excluding carboxylic acids is 1. The van der Waals surface area contributed by atoms with Crippen LogP contribution >= 0.6 is 15.9 Å². The van der Waals surface area contributed by atoms with E-state index in [-0.39, 0.29) is 11.7 Å². The SMILES string of the molecule is O=C(NCCc1nn[nH]n1)c1ccc(Br)o1. The van der Waals surface area contributed by atoms with Gasteiger partial charge in [-0.3, -0.25) is 4.79 Å². The van der Waals surface area contributed by atoms with Crippen molar-refractivity contribution in [3.8, 4) is 0 Å². The molecule has 0 aliphatic carbocycles. The van der Waals surface area contributed by atoms with Crippen molar-refractivity contribution in [3.63, 3.8) is 0 Å². The zero-order valence-corrected chi connectivity index (χ0v) is 9.69. The van der Waals surface area contributed by atoms with E-state index in [1.54, 1.807) is 12.1 Å². The number of carbonyl (C=O) groups is 1. The highest BCUT2D eigenvalue weighted by Gasteiger charge is 2.09. The minimum atomic E-state index is -0.269. The minimum Gasteiger partial charge on any atom is -0.444 e. The second-order valence-electron chi connectivity index (χ2n) is 2.94. The second-order valence-corrected chi connectivity index (χ2v) is 3.72. The molecule has 0 unspecified atom stereocenters. The van der Waals surface area contributed by atoms with Gasteiger partial charge in [0.15, 0.2) is 16.3 Å². The van der Waals surface area contributed by atoms with E-state index in [4.69, 9.17) is 4.42 Å². The Bertz CT molecular complexity index is 466. The Labute approximate surface area is 98.7 Å². The first kappa shape index (κ1) is 10.8. The summed E-state index contributed by atoms with van der Waals surface area (Å²) in [6.45, 7) is 0.427. The summed E-state index contributed by atoms with van der Waals surface area (Å²) >= 11 is 3.12. The van der Waals surface area contributed by atoms with Crippen molar-refractivity contribution in [1.82, 2.24) is 25.9 Å². The number of hydrogen-bond acceptors (Lipinski definition) is 5. The summed E-state index contributed by atoms with van der Waals surface area (Å²) in [6, 6.07) is 3.25. The molecule has 0 bridgehead atoms. The first-order valence-corrected chi connectivity index (χ1v) is 5.31. The third-order valence-electron chi connectivity index (χ3n) is 1.82. The molecular weight excluding hydrogens is 278 g/mol. The minimum absolute atomic E-state index is 0.264. The smallest absolute Gasteiger partial charge is 0.287 e. The van der Waals surface area contributed by atoms with E-state index in [2.05, 4.69) is 41.9 Å². The molecule has 2 aromatic rings. The molecule has 0 saturated carbocycles. The highest BCUT2D eigenvalue weighted by atomic mass is 79.9. The molecule has 0 fully saturated rings. The van der Waals surface area contributed by atoms with E-state index >= 15 is 0 Å². The van der Waals surface area contributed by atoms with Gasteiger partial charge in [-0.25, -0.2) is 0 Å². The number of aromatic nitrogens is 4. The molecule has 0 atom stereocenters. The third-order valence-corrected chi connectivity index (χ3v) is 2.25. The summed E-state index contributed by atoms with van der Waals surface area (Å²) in [5.41, 5.74) is 0. The van der Waals surface area contributed by atoms with Gasteiger partial charge in [-0.05, 0) is 28.1 Å². The topological polar surface area (TPSA) is 96.7 Å². The molecule has 0 spiro atoms. The molecule has 7 nitrogen and oxygen atoms in total. The van der Waals surface area contributed by atoms with E-state index in [0.29, 0.717) is 23.5 Å². The molecule has 2 rings (SSSR count). The summed E-state index contributed by atoms with van der Waals surface area (Å²) in [4.78, 5) is 11.5. The Balaban J connectivity index is 1.80. The van der Waals surface area contributed by atoms with Crippen LogP contribution in [0.1, 0.15) is 16.4 Å². The molecule has 16 heavy (non-hydrogen) atoms. The molecule has 84 valence electrons. The van der Waals surface area contributed by atoms with Crippen molar-refractivity contribution >= 4 is 21.8 Å². The first-order chi connectivity index (χ1) is 7.75. The average molecular weight is 286 g/mol. The molecule has 0 aliphatic heterocycles. The lowest BCUT2D eigenvalue weighted by Gasteiger charge is -1.99. The van der Waals surface area contributed by atoms with Gasteiger partial charge < -0.3 is 9.73 Å². The number of halogens is 1. The van der Waals surface area contributed by atoms with Crippen molar-refractivity contribution in [3.05, 3.63) is 28.4 Å². The van der Waals surface area contributed by atoms with Gasteiger partial charge in [0.05, 0.1) is 0 Å². The zero-order valence-electron chi connectivity index (χ0n) is 8.11. The second kappa shape index (κ2) is 4.88. The van der Waals surface area contributed by atoms with E-state index in [9.17, 15) is 4.79 Å². The summed E-state index contributed by atoms with van der Waals surface area (Å²) in [5, 5.41) is 15.9. The fourth-order valence-corrected chi connectivity index (χ4v) is 1.41. The maximum atomic E-state index is 11.5. The van der Waals surface area contributed by atoms with E-state index in [1.165, 1.54) is 0 Å². The Hall–Kier alpha value is -1.70. The number of hydrogen-bond donors (Lipinski definition) is 2.